The molecule has 1 aromatic carbocycles. The average molecular weight is 284 g/mol. The smallest absolute Gasteiger partial charge is 0.164 e. The molecule has 0 fully saturated rings. The van der Waals surface area contributed by atoms with E-state index in [0.717, 1.165) is 17.3 Å². The predicted molar refractivity (Wildman–Crippen MR) is 71.6 cm³/mol. The van der Waals surface area contributed by atoms with Crippen molar-refractivity contribution in [3.63, 3.8) is 0 Å². The number of benzene rings is 1. The van der Waals surface area contributed by atoms with E-state index in [1.54, 1.807) is 12.1 Å². The van der Waals surface area contributed by atoms with E-state index in [0.29, 0.717) is 23.6 Å². The van der Waals surface area contributed by atoms with Gasteiger partial charge in [-0.1, -0.05) is 36.2 Å². The molecule has 0 atom stereocenters. The Bertz CT molecular complexity index is 374. The second-order valence-electron chi connectivity index (χ2n) is 4.45. The summed E-state index contributed by atoms with van der Waals surface area (Å²) in [6.45, 7) is 4.34. The molecule has 2 N–H and O–H groups in total. The highest BCUT2D eigenvalue weighted by Crippen LogP contribution is 2.22. The van der Waals surface area contributed by atoms with Crippen LogP contribution in [-0.2, 0) is 0 Å². The lowest BCUT2D eigenvalue weighted by molar-refractivity contribution is 0.0977. The Morgan fingerprint density at radius 3 is 2.75 bits per heavy atom. The van der Waals surface area contributed by atoms with Crippen molar-refractivity contribution in [2.24, 2.45) is 5.92 Å². The lowest BCUT2D eigenvalue weighted by atomic mass is 10.0. The number of ketones is 1. The summed E-state index contributed by atoms with van der Waals surface area (Å²) in [4.78, 5) is 11.9. The Hall–Kier alpha value is -0.830. The summed E-state index contributed by atoms with van der Waals surface area (Å²) in [5.74, 6) is 0.817. The first-order valence-electron chi connectivity index (χ1n) is 5.59. The minimum atomic E-state index is 0.167. The number of carbonyl (C=O) groups is 1. The largest absolute Gasteiger partial charge is 0.399 e. The molecule has 0 saturated carbocycles. The van der Waals surface area contributed by atoms with E-state index in [1.165, 1.54) is 0 Å². The van der Waals surface area contributed by atoms with Crippen LogP contribution < -0.4 is 5.73 Å². The first-order chi connectivity index (χ1) is 7.50. The first kappa shape index (κ1) is 13.2. The first-order valence-corrected chi connectivity index (χ1v) is 6.38. The van der Waals surface area contributed by atoms with E-state index in [2.05, 4.69) is 29.8 Å². The predicted octanol–water partition coefficient (Wildman–Crippen LogP) is 4.04. The van der Waals surface area contributed by atoms with E-state index in [-0.39, 0.29) is 5.78 Å². The number of Topliss-reactive ketones (excluding diaryl/α,β-unsaturated/α-hetero) is 1. The van der Waals surface area contributed by atoms with Crippen LogP contribution in [0, 0.1) is 5.92 Å². The number of hydrogen-bond acceptors (Lipinski definition) is 2. The summed E-state index contributed by atoms with van der Waals surface area (Å²) in [6.07, 6.45) is 2.63. The molecule has 16 heavy (non-hydrogen) atoms. The third-order valence-electron chi connectivity index (χ3n) is 2.48. The molecule has 0 unspecified atom stereocenters. The minimum absolute atomic E-state index is 0.167. The summed E-state index contributed by atoms with van der Waals surface area (Å²) < 4.78 is 0.830. The van der Waals surface area contributed by atoms with Crippen molar-refractivity contribution in [1.29, 1.82) is 0 Å². The topological polar surface area (TPSA) is 43.1 Å². The average Bonchev–Trinajstić information content (AvgIpc) is 2.21. The van der Waals surface area contributed by atoms with Crippen LogP contribution in [0.2, 0.25) is 0 Å². The Kier molecular flexibility index (Phi) is 5.00. The number of nitrogens with two attached hydrogens (primary N) is 1. The molecule has 0 bridgehead atoms. The molecular formula is C13H18BrNO. The van der Waals surface area contributed by atoms with Crippen LogP contribution in [0.3, 0.4) is 0 Å². The van der Waals surface area contributed by atoms with Gasteiger partial charge in [-0.05, 0) is 30.5 Å². The molecule has 0 aliphatic carbocycles. The molecule has 0 aromatic heterocycles. The van der Waals surface area contributed by atoms with E-state index < -0.39 is 0 Å². The molecule has 1 aromatic rings. The monoisotopic (exact) mass is 283 g/mol. The standard InChI is InChI=1S/C13H18BrNO/c1-9(2)4-3-5-13(16)11-8-10(15)6-7-12(11)14/h6-9H,3-5,15H2,1-2H3. The molecule has 1 rings (SSSR count). The van der Waals surface area contributed by atoms with Crippen LogP contribution in [0.25, 0.3) is 0 Å². The van der Waals surface area contributed by atoms with Gasteiger partial charge in [-0.3, -0.25) is 4.79 Å². The van der Waals surface area contributed by atoms with E-state index >= 15 is 0 Å². The second-order valence-corrected chi connectivity index (χ2v) is 5.30. The molecule has 0 amide bonds. The van der Waals surface area contributed by atoms with Gasteiger partial charge in [-0.2, -0.15) is 0 Å². The van der Waals surface area contributed by atoms with Crippen LogP contribution in [0.5, 0.6) is 0 Å². The molecule has 0 saturated heterocycles. The van der Waals surface area contributed by atoms with Gasteiger partial charge in [-0.25, -0.2) is 0 Å². The van der Waals surface area contributed by atoms with Gasteiger partial charge in [0.15, 0.2) is 5.78 Å². The Labute approximate surface area is 105 Å². The minimum Gasteiger partial charge on any atom is -0.399 e. The number of nitrogen functional groups attached to an aromatic ring is 1. The SMILES string of the molecule is CC(C)CCCC(=O)c1cc(N)ccc1Br. The van der Waals surface area contributed by atoms with Gasteiger partial charge in [-0.15, -0.1) is 0 Å². The second kappa shape index (κ2) is 6.04. The van der Waals surface area contributed by atoms with E-state index in [9.17, 15) is 4.79 Å². The summed E-state index contributed by atoms with van der Waals surface area (Å²) >= 11 is 3.38. The maximum absolute atomic E-state index is 11.9. The fraction of sp³-hybridized carbons (Fsp3) is 0.462. The van der Waals surface area contributed by atoms with Crippen molar-refractivity contribution >= 4 is 27.4 Å². The van der Waals surface area contributed by atoms with Crippen molar-refractivity contribution in [2.45, 2.75) is 33.1 Å². The zero-order chi connectivity index (χ0) is 12.1. The summed E-state index contributed by atoms with van der Waals surface area (Å²) in [5, 5.41) is 0. The Balaban J connectivity index is 2.62. The number of hydrogen-bond donors (Lipinski definition) is 1. The Morgan fingerprint density at radius 2 is 2.12 bits per heavy atom. The molecule has 0 aliphatic rings. The molecule has 0 heterocycles. The van der Waals surface area contributed by atoms with Gasteiger partial charge in [0.1, 0.15) is 0 Å². The highest BCUT2D eigenvalue weighted by Gasteiger charge is 2.10. The molecular weight excluding hydrogens is 266 g/mol. The van der Waals surface area contributed by atoms with Crippen LogP contribution in [0.15, 0.2) is 22.7 Å². The van der Waals surface area contributed by atoms with Crippen LogP contribution in [0.1, 0.15) is 43.5 Å². The highest BCUT2D eigenvalue weighted by atomic mass is 79.9. The van der Waals surface area contributed by atoms with Gasteiger partial charge in [0.2, 0.25) is 0 Å². The highest BCUT2D eigenvalue weighted by molar-refractivity contribution is 9.10. The van der Waals surface area contributed by atoms with Gasteiger partial charge in [0.05, 0.1) is 0 Å². The van der Waals surface area contributed by atoms with Crippen LogP contribution in [0.4, 0.5) is 5.69 Å². The molecule has 3 heteroatoms. The molecule has 2 nitrogen and oxygen atoms in total. The summed E-state index contributed by atoms with van der Waals surface area (Å²) in [7, 11) is 0. The quantitative estimate of drug-likeness (QED) is 0.655. The third-order valence-corrected chi connectivity index (χ3v) is 3.17. The molecule has 88 valence electrons. The van der Waals surface area contributed by atoms with Gasteiger partial charge >= 0.3 is 0 Å². The lowest BCUT2D eigenvalue weighted by Gasteiger charge is -2.06. The fourth-order valence-corrected chi connectivity index (χ4v) is 2.03. The maximum atomic E-state index is 11.9. The van der Waals surface area contributed by atoms with Crippen molar-refractivity contribution in [2.75, 3.05) is 5.73 Å². The number of anilines is 1. The number of rotatable bonds is 5. The fourth-order valence-electron chi connectivity index (χ4n) is 1.56. The van der Waals surface area contributed by atoms with Crippen molar-refractivity contribution < 1.29 is 4.79 Å². The zero-order valence-electron chi connectivity index (χ0n) is 9.79. The van der Waals surface area contributed by atoms with Gasteiger partial charge in [0.25, 0.3) is 0 Å². The third kappa shape index (κ3) is 3.97. The molecule has 0 radical (unpaired) electrons. The number of carbonyl (C=O) groups excluding carboxylic acids is 1. The van der Waals surface area contributed by atoms with E-state index in [1.807, 2.05) is 6.07 Å². The summed E-state index contributed by atoms with van der Waals surface area (Å²) in [6, 6.07) is 5.35. The molecule has 0 aliphatic heterocycles. The van der Waals surface area contributed by atoms with Crippen molar-refractivity contribution in [3.05, 3.63) is 28.2 Å². The normalized spacial score (nSPS) is 10.8. The lowest BCUT2D eigenvalue weighted by Crippen LogP contribution is -2.02. The zero-order valence-corrected chi connectivity index (χ0v) is 11.4. The van der Waals surface area contributed by atoms with Crippen LogP contribution >= 0.6 is 15.9 Å². The maximum Gasteiger partial charge on any atom is 0.164 e. The van der Waals surface area contributed by atoms with Gasteiger partial charge < -0.3 is 5.73 Å². The van der Waals surface area contributed by atoms with Crippen LogP contribution in [-0.4, -0.2) is 5.78 Å². The van der Waals surface area contributed by atoms with Crippen molar-refractivity contribution in [1.82, 2.24) is 0 Å². The van der Waals surface area contributed by atoms with E-state index in [4.69, 9.17) is 5.73 Å². The van der Waals surface area contributed by atoms with Crippen molar-refractivity contribution in [3.8, 4) is 0 Å². The van der Waals surface area contributed by atoms with Gasteiger partial charge in [0, 0.05) is 22.1 Å². The Morgan fingerprint density at radius 1 is 1.44 bits per heavy atom. The summed E-state index contributed by atoms with van der Waals surface area (Å²) in [5.41, 5.74) is 7.00. The number of halogens is 1. The molecule has 0 spiro atoms.